The maximum absolute atomic E-state index is 11.3. The number of hydrogen-bond donors (Lipinski definition) is 2. The molecule has 0 saturated carbocycles. The number of aromatic nitrogens is 3. The van der Waals surface area contributed by atoms with E-state index in [9.17, 15) is 4.79 Å². The second-order valence-electron chi connectivity index (χ2n) is 2.65. The van der Waals surface area contributed by atoms with Crippen LogP contribution in [0.15, 0.2) is 29.1 Å². The monoisotopic (exact) mass is 192 g/mol. The normalized spacial score (nSPS) is 10.0. The Morgan fingerprint density at radius 3 is 3.14 bits per heavy atom. The Labute approximate surface area is 79.3 Å². The minimum absolute atomic E-state index is 0.268. The second kappa shape index (κ2) is 3.73. The lowest BCUT2D eigenvalue weighted by Crippen LogP contribution is -2.23. The van der Waals surface area contributed by atoms with E-state index in [4.69, 9.17) is 0 Å². The van der Waals surface area contributed by atoms with Gasteiger partial charge >= 0.3 is 0 Å². The van der Waals surface area contributed by atoms with Gasteiger partial charge in [0.1, 0.15) is 6.26 Å². The van der Waals surface area contributed by atoms with Gasteiger partial charge in [0.2, 0.25) is 0 Å². The third kappa shape index (κ3) is 1.79. The molecular formula is C8H8N4O2. The zero-order chi connectivity index (χ0) is 9.80. The summed E-state index contributed by atoms with van der Waals surface area (Å²) in [5, 5.41) is 12.6. The van der Waals surface area contributed by atoms with Crippen LogP contribution in [0.5, 0.6) is 0 Å². The Kier molecular flexibility index (Phi) is 2.26. The van der Waals surface area contributed by atoms with E-state index in [1.165, 1.54) is 12.3 Å². The van der Waals surface area contributed by atoms with E-state index in [1.807, 2.05) is 0 Å². The first-order valence-corrected chi connectivity index (χ1v) is 4.03. The first-order chi connectivity index (χ1) is 6.86. The Morgan fingerprint density at radius 1 is 1.57 bits per heavy atom. The topological polar surface area (TPSA) is 83.8 Å². The number of carbonyl (C=O) groups is 1. The van der Waals surface area contributed by atoms with E-state index in [2.05, 4.69) is 25.2 Å². The Morgan fingerprint density at radius 2 is 2.50 bits per heavy atom. The minimum atomic E-state index is -0.270. The molecule has 0 aliphatic rings. The largest absolute Gasteiger partial charge is 0.364 e. The molecule has 2 N–H and O–H groups in total. The maximum Gasteiger partial charge on any atom is 0.273 e. The highest BCUT2D eigenvalue weighted by molar-refractivity contribution is 5.91. The summed E-state index contributed by atoms with van der Waals surface area (Å²) < 4.78 is 4.54. The molecule has 0 saturated heterocycles. The first-order valence-electron chi connectivity index (χ1n) is 4.03. The van der Waals surface area contributed by atoms with Crippen LogP contribution >= 0.6 is 0 Å². The lowest BCUT2D eigenvalue weighted by molar-refractivity contribution is 0.0941. The molecule has 72 valence electrons. The van der Waals surface area contributed by atoms with Crippen LogP contribution < -0.4 is 5.32 Å². The van der Waals surface area contributed by atoms with E-state index in [-0.39, 0.29) is 11.6 Å². The Hall–Kier alpha value is -2.11. The number of rotatable bonds is 3. The van der Waals surface area contributed by atoms with E-state index >= 15 is 0 Å². The molecule has 0 aliphatic heterocycles. The highest BCUT2D eigenvalue weighted by atomic mass is 16.5. The predicted octanol–water partition coefficient (Wildman–Crippen LogP) is 0.328. The zero-order valence-corrected chi connectivity index (χ0v) is 7.23. The summed E-state index contributed by atoms with van der Waals surface area (Å²) >= 11 is 0. The molecule has 0 radical (unpaired) electrons. The summed E-state index contributed by atoms with van der Waals surface area (Å²) in [6.07, 6.45) is 2.97. The van der Waals surface area contributed by atoms with Gasteiger partial charge in [0.05, 0.1) is 12.2 Å². The van der Waals surface area contributed by atoms with Gasteiger partial charge in [-0.2, -0.15) is 5.10 Å². The smallest absolute Gasteiger partial charge is 0.273 e. The average molecular weight is 192 g/mol. The molecule has 2 heterocycles. The summed E-state index contributed by atoms with van der Waals surface area (Å²) in [6.45, 7) is 0.395. The van der Waals surface area contributed by atoms with E-state index in [1.54, 1.807) is 12.3 Å². The first kappa shape index (κ1) is 8.49. The third-order valence-electron chi connectivity index (χ3n) is 1.67. The number of H-pyrrole nitrogens is 1. The maximum atomic E-state index is 11.3. The van der Waals surface area contributed by atoms with Gasteiger partial charge in [0.25, 0.3) is 5.91 Å². The molecule has 2 rings (SSSR count). The molecule has 6 heteroatoms. The highest BCUT2D eigenvalue weighted by Crippen LogP contribution is 1.95. The molecule has 0 aromatic carbocycles. The van der Waals surface area contributed by atoms with Crippen molar-refractivity contribution in [2.24, 2.45) is 0 Å². The molecule has 2 aromatic rings. The SMILES string of the molecule is O=C(NCc1ccn[nH]1)c1ccon1. The summed E-state index contributed by atoms with van der Waals surface area (Å²) in [5.74, 6) is -0.270. The quantitative estimate of drug-likeness (QED) is 0.733. The van der Waals surface area contributed by atoms with E-state index < -0.39 is 0 Å². The standard InChI is InChI=1S/C8H8N4O2/c13-8(7-2-4-14-12-7)9-5-6-1-3-10-11-6/h1-4H,5H2,(H,9,13)(H,10,11). The van der Waals surface area contributed by atoms with Crippen molar-refractivity contribution in [1.82, 2.24) is 20.7 Å². The fraction of sp³-hybridized carbons (Fsp3) is 0.125. The van der Waals surface area contributed by atoms with Crippen molar-refractivity contribution in [2.75, 3.05) is 0 Å². The summed E-state index contributed by atoms with van der Waals surface area (Å²) in [7, 11) is 0. The molecule has 0 bridgehead atoms. The number of carbonyl (C=O) groups excluding carboxylic acids is 1. The van der Waals surface area contributed by atoms with Crippen LogP contribution in [0.3, 0.4) is 0 Å². The second-order valence-corrected chi connectivity index (χ2v) is 2.65. The molecular weight excluding hydrogens is 184 g/mol. The van der Waals surface area contributed by atoms with Gasteiger partial charge in [0.15, 0.2) is 5.69 Å². The van der Waals surface area contributed by atoms with Crippen molar-refractivity contribution in [3.63, 3.8) is 0 Å². The van der Waals surface area contributed by atoms with Crippen LogP contribution in [0.25, 0.3) is 0 Å². The number of amides is 1. The molecule has 0 aliphatic carbocycles. The van der Waals surface area contributed by atoms with Crippen LogP contribution in [-0.4, -0.2) is 21.3 Å². The third-order valence-corrected chi connectivity index (χ3v) is 1.67. The van der Waals surface area contributed by atoms with Crippen molar-refractivity contribution in [1.29, 1.82) is 0 Å². The zero-order valence-electron chi connectivity index (χ0n) is 7.23. The summed E-state index contributed by atoms with van der Waals surface area (Å²) in [6, 6.07) is 3.28. The lowest BCUT2D eigenvalue weighted by Gasteiger charge is -1.98. The fourth-order valence-corrected chi connectivity index (χ4v) is 0.979. The van der Waals surface area contributed by atoms with Crippen molar-refractivity contribution in [2.45, 2.75) is 6.54 Å². The number of aromatic amines is 1. The van der Waals surface area contributed by atoms with Gasteiger partial charge in [-0.15, -0.1) is 0 Å². The van der Waals surface area contributed by atoms with E-state index in [0.29, 0.717) is 6.54 Å². The molecule has 0 spiro atoms. The van der Waals surface area contributed by atoms with E-state index in [0.717, 1.165) is 5.69 Å². The van der Waals surface area contributed by atoms with Gasteiger partial charge in [0, 0.05) is 12.3 Å². The van der Waals surface area contributed by atoms with Crippen LogP contribution in [0.1, 0.15) is 16.2 Å². The molecule has 14 heavy (non-hydrogen) atoms. The Bertz CT molecular complexity index is 393. The molecule has 0 fully saturated rings. The molecule has 1 amide bonds. The van der Waals surface area contributed by atoms with Gasteiger partial charge in [-0.05, 0) is 6.07 Å². The average Bonchev–Trinajstić information content (AvgIpc) is 2.87. The number of nitrogens with one attached hydrogen (secondary N) is 2. The fourth-order valence-electron chi connectivity index (χ4n) is 0.979. The van der Waals surface area contributed by atoms with Crippen LogP contribution in [0.2, 0.25) is 0 Å². The van der Waals surface area contributed by atoms with Gasteiger partial charge in [-0.3, -0.25) is 9.89 Å². The van der Waals surface area contributed by atoms with Gasteiger partial charge in [-0.25, -0.2) is 0 Å². The van der Waals surface area contributed by atoms with Crippen LogP contribution in [0.4, 0.5) is 0 Å². The van der Waals surface area contributed by atoms with Crippen molar-refractivity contribution < 1.29 is 9.32 Å². The summed E-state index contributed by atoms with van der Waals surface area (Å²) in [5.41, 5.74) is 1.10. The van der Waals surface area contributed by atoms with Crippen LogP contribution in [-0.2, 0) is 6.54 Å². The summed E-state index contributed by atoms with van der Waals surface area (Å²) in [4.78, 5) is 11.3. The highest BCUT2D eigenvalue weighted by Gasteiger charge is 2.07. The van der Waals surface area contributed by atoms with Gasteiger partial charge in [-0.1, -0.05) is 5.16 Å². The molecule has 2 aromatic heterocycles. The molecule has 6 nitrogen and oxygen atoms in total. The molecule has 0 unspecified atom stereocenters. The number of hydrogen-bond acceptors (Lipinski definition) is 4. The lowest BCUT2D eigenvalue weighted by atomic mass is 10.4. The minimum Gasteiger partial charge on any atom is -0.364 e. The van der Waals surface area contributed by atoms with Gasteiger partial charge < -0.3 is 9.84 Å². The predicted molar refractivity (Wildman–Crippen MR) is 46.3 cm³/mol. The van der Waals surface area contributed by atoms with Crippen molar-refractivity contribution in [3.05, 3.63) is 36.0 Å². The molecule has 0 atom stereocenters. The number of nitrogens with zero attached hydrogens (tertiary/aromatic N) is 2. The van der Waals surface area contributed by atoms with Crippen molar-refractivity contribution >= 4 is 5.91 Å². The van der Waals surface area contributed by atoms with Crippen molar-refractivity contribution in [3.8, 4) is 0 Å². The Balaban J connectivity index is 1.90. The van der Waals surface area contributed by atoms with Crippen LogP contribution in [0, 0.1) is 0 Å².